The molecule has 0 spiro atoms. The van der Waals surface area contributed by atoms with E-state index in [1.807, 2.05) is 44.4 Å². The van der Waals surface area contributed by atoms with Crippen LogP contribution in [0.5, 0.6) is 0 Å². The highest BCUT2D eigenvalue weighted by Crippen LogP contribution is 2.37. The summed E-state index contributed by atoms with van der Waals surface area (Å²) in [6.45, 7) is 3.06. The van der Waals surface area contributed by atoms with E-state index in [1.165, 1.54) is 7.11 Å². The summed E-state index contributed by atoms with van der Waals surface area (Å²) in [5.41, 5.74) is 4.27. The van der Waals surface area contributed by atoms with Crippen molar-refractivity contribution >= 4 is 40.6 Å². The molecule has 1 aromatic heterocycles. The molecule has 1 N–H and O–H groups in total. The summed E-state index contributed by atoms with van der Waals surface area (Å²) in [6.07, 6.45) is 4.18. The van der Waals surface area contributed by atoms with Crippen LogP contribution in [0, 0.1) is 0 Å². The van der Waals surface area contributed by atoms with Crippen molar-refractivity contribution in [3.8, 4) is 0 Å². The van der Waals surface area contributed by atoms with Crippen LogP contribution in [0.25, 0.3) is 0 Å². The molecule has 0 saturated heterocycles. The Morgan fingerprint density at radius 3 is 2.45 bits per heavy atom. The molecule has 196 valence electrons. The zero-order valence-corrected chi connectivity index (χ0v) is 22.0. The summed E-state index contributed by atoms with van der Waals surface area (Å²) < 4.78 is 4.81. The first-order valence-electron chi connectivity index (χ1n) is 12.3. The Bertz CT molecular complexity index is 1350. The van der Waals surface area contributed by atoms with Crippen LogP contribution in [0.2, 0.25) is 0 Å². The number of aromatic nitrogens is 1. The van der Waals surface area contributed by atoms with Crippen molar-refractivity contribution in [1.29, 1.82) is 0 Å². The van der Waals surface area contributed by atoms with E-state index in [1.54, 1.807) is 48.5 Å². The SMILES string of the molecule is COC(=O)c1ccc2c(c1)NC(=O)C2C(=Nc1ccc(N(CCCN(C)C)C(C)=O)cc1)c1cccnc1. The Morgan fingerprint density at radius 2 is 1.82 bits per heavy atom. The molecule has 2 heterocycles. The molecule has 0 radical (unpaired) electrons. The maximum absolute atomic E-state index is 13.2. The van der Waals surface area contributed by atoms with Gasteiger partial charge in [0.2, 0.25) is 11.8 Å². The highest BCUT2D eigenvalue weighted by Gasteiger charge is 2.36. The monoisotopic (exact) mass is 513 g/mol. The molecule has 1 atom stereocenters. The Hall–Kier alpha value is -4.37. The first-order chi connectivity index (χ1) is 18.3. The number of aliphatic imine (C=N–C) groups is 1. The van der Waals surface area contributed by atoms with Gasteiger partial charge in [-0.05, 0) is 75.1 Å². The number of benzene rings is 2. The highest BCUT2D eigenvalue weighted by atomic mass is 16.5. The quantitative estimate of drug-likeness (QED) is 0.342. The van der Waals surface area contributed by atoms with E-state index >= 15 is 0 Å². The van der Waals surface area contributed by atoms with E-state index in [4.69, 9.17) is 9.73 Å². The number of ether oxygens (including phenoxy) is 1. The molecule has 0 bridgehead atoms. The summed E-state index contributed by atoms with van der Waals surface area (Å²) in [5.74, 6) is -1.44. The van der Waals surface area contributed by atoms with Crippen LogP contribution in [0.15, 0.2) is 72.0 Å². The molecule has 0 fully saturated rings. The maximum Gasteiger partial charge on any atom is 0.337 e. The van der Waals surface area contributed by atoms with Crippen molar-refractivity contribution in [3.05, 3.63) is 83.7 Å². The van der Waals surface area contributed by atoms with Gasteiger partial charge < -0.3 is 19.9 Å². The number of fused-ring (bicyclic) bond motifs is 1. The minimum atomic E-state index is -0.694. The fourth-order valence-electron chi connectivity index (χ4n) is 4.45. The van der Waals surface area contributed by atoms with Gasteiger partial charge in [0.1, 0.15) is 5.92 Å². The van der Waals surface area contributed by atoms with Gasteiger partial charge in [-0.2, -0.15) is 0 Å². The number of esters is 1. The zero-order valence-electron chi connectivity index (χ0n) is 22.0. The maximum atomic E-state index is 13.2. The van der Waals surface area contributed by atoms with Crippen molar-refractivity contribution in [2.24, 2.45) is 4.99 Å². The largest absolute Gasteiger partial charge is 0.465 e. The highest BCUT2D eigenvalue weighted by molar-refractivity contribution is 6.24. The number of rotatable bonds is 9. The molecule has 0 aliphatic carbocycles. The molecule has 2 aromatic carbocycles. The zero-order chi connectivity index (χ0) is 27.2. The third kappa shape index (κ3) is 5.95. The molecule has 3 aromatic rings. The van der Waals surface area contributed by atoms with Gasteiger partial charge >= 0.3 is 5.97 Å². The molecule has 2 amide bonds. The lowest BCUT2D eigenvalue weighted by atomic mass is 9.91. The smallest absolute Gasteiger partial charge is 0.337 e. The summed E-state index contributed by atoms with van der Waals surface area (Å²) in [4.78, 5) is 50.4. The fraction of sp³-hybridized carbons (Fsp3) is 0.276. The van der Waals surface area contributed by atoms with Crippen LogP contribution in [0.1, 0.15) is 40.7 Å². The lowest BCUT2D eigenvalue weighted by molar-refractivity contribution is -0.117. The van der Waals surface area contributed by atoms with Gasteiger partial charge in [0, 0.05) is 42.8 Å². The molecular formula is C29H31N5O4. The van der Waals surface area contributed by atoms with Crippen molar-refractivity contribution in [1.82, 2.24) is 9.88 Å². The standard InChI is InChI=1S/C29H31N5O4/c1-19(35)34(16-6-15-33(2)3)23-11-9-22(10-12-23)31-27(21-7-5-14-30-18-21)26-24-13-8-20(29(37)38-4)17-25(24)32-28(26)36/h5,7-14,17-18,26H,6,15-16H2,1-4H3,(H,32,36). The second-order valence-corrected chi connectivity index (χ2v) is 9.30. The molecule has 0 saturated carbocycles. The first kappa shape index (κ1) is 26.7. The lowest BCUT2D eigenvalue weighted by Crippen LogP contribution is -2.31. The summed E-state index contributed by atoms with van der Waals surface area (Å²) in [7, 11) is 5.33. The molecule has 1 unspecified atom stereocenters. The Labute approximate surface area is 222 Å². The van der Waals surface area contributed by atoms with Gasteiger partial charge in [-0.25, -0.2) is 4.79 Å². The third-order valence-corrected chi connectivity index (χ3v) is 6.31. The average Bonchev–Trinajstić information content (AvgIpc) is 3.24. The topological polar surface area (TPSA) is 104 Å². The molecular weight excluding hydrogens is 482 g/mol. The van der Waals surface area contributed by atoms with E-state index in [-0.39, 0.29) is 11.8 Å². The Balaban J connectivity index is 1.69. The number of carbonyl (C=O) groups excluding carboxylic acids is 3. The van der Waals surface area contributed by atoms with Gasteiger partial charge in [0.25, 0.3) is 0 Å². The number of nitrogens with one attached hydrogen (secondary N) is 1. The van der Waals surface area contributed by atoms with E-state index < -0.39 is 11.9 Å². The van der Waals surface area contributed by atoms with Gasteiger partial charge in [-0.15, -0.1) is 0 Å². The Morgan fingerprint density at radius 1 is 1.05 bits per heavy atom. The fourth-order valence-corrected chi connectivity index (χ4v) is 4.45. The number of nitrogens with zero attached hydrogens (tertiary/aromatic N) is 4. The number of hydrogen-bond donors (Lipinski definition) is 1. The molecule has 1 aliphatic heterocycles. The number of carbonyl (C=O) groups is 3. The molecule has 4 rings (SSSR count). The molecule has 38 heavy (non-hydrogen) atoms. The number of pyridine rings is 1. The number of hydrogen-bond acceptors (Lipinski definition) is 7. The summed E-state index contributed by atoms with van der Waals surface area (Å²) in [5, 5.41) is 2.87. The van der Waals surface area contributed by atoms with Crippen LogP contribution >= 0.6 is 0 Å². The normalized spacial score (nSPS) is 14.7. The molecule has 1 aliphatic rings. The number of methoxy groups -OCH3 is 1. The van der Waals surface area contributed by atoms with Crippen LogP contribution < -0.4 is 10.2 Å². The average molecular weight is 514 g/mol. The predicted octanol–water partition coefficient (Wildman–Crippen LogP) is 4.03. The summed E-state index contributed by atoms with van der Waals surface area (Å²) >= 11 is 0. The predicted molar refractivity (Wildman–Crippen MR) is 147 cm³/mol. The minimum Gasteiger partial charge on any atom is -0.465 e. The Kier molecular flexibility index (Phi) is 8.28. The van der Waals surface area contributed by atoms with Crippen LogP contribution in [-0.2, 0) is 14.3 Å². The number of amides is 2. The van der Waals surface area contributed by atoms with E-state index in [2.05, 4.69) is 15.2 Å². The van der Waals surface area contributed by atoms with Crippen LogP contribution in [0.3, 0.4) is 0 Å². The minimum absolute atomic E-state index is 0.0263. The van der Waals surface area contributed by atoms with Gasteiger partial charge in [-0.3, -0.25) is 19.6 Å². The van der Waals surface area contributed by atoms with Crippen molar-refractivity contribution in [2.45, 2.75) is 19.3 Å². The second-order valence-electron chi connectivity index (χ2n) is 9.30. The van der Waals surface area contributed by atoms with E-state index in [9.17, 15) is 14.4 Å². The van der Waals surface area contributed by atoms with Gasteiger partial charge in [-0.1, -0.05) is 12.1 Å². The molecule has 9 nitrogen and oxygen atoms in total. The van der Waals surface area contributed by atoms with Gasteiger partial charge in [0.05, 0.1) is 24.1 Å². The second kappa shape index (κ2) is 11.8. The van der Waals surface area contributed by atoms with Crippen LogP contribution in [0.4, 0.5) is 17.1 Å². The van der Waals surface area contributed by atoms with E-state index in [0.717, 1.165) is 18.7 Å². The van der Waals surface area contributed by atoms with Gasteiger partial charge in [0.15, 0.2) is 0 Å². The van der Waals surface area contributed by atoms with Crippen molar-refractivity contribution < 1.29 is 19.1 Å². The lowest BCUT2D eigenvalue weighted by Gasteiger charge is -2.22. The number of anilines is 2. The van der Waals surface area contributed by atoms with E-state index in [0.29, 0.717) is 40.3 Å². The van der Waals surface area contributed by atoms with Crippen molar-refractivity contribution in [2.75, 3.05) is 44.5 Å². The third-order valence-electron chi connectivity index (χ3n) is 6.31. The summed E-state index contributed by atoms with van der Waals surface area (Å²) in [6, 6.07) is 16.0. The van der Waals surface area contributed by atoms with Crippen molar-refractivity contribution in [3.63, 3.8) is 0 Å². The van der Waals surface area contributed by atoms with Crippen LogP contribution in [-0.4, -0.2) is 67.7 Å². The first-order valence-corrected chi connectivity index (χ1v) is 12.3. The molecule has 9 heteroatoms.